The van der Waals surface area contributed by atoms with Crippen LogP contribution in [0.4, 0.5) is 11.4 Å². The van der Waals surface area contributed by atoms with Crippen LogP contribution < -0.4 is 10.2 Å². The number of benzene rings is 3. The number of hydrogen-bond donors (Lipinski definition) is 2. The van der Waals surface area contributed by atoms with Crippen LogP contribution in [0.3, 0.4) is 0 Å². The molecule has 0 saturated carbocycles. The molecule has 2 aliphatic heterocycles. The van der Waals surface area contributed by atoms with E-state index in [4.69, 9.17) is 0 Å². The zero-order chi connectivity index (χ0) is 25.2. The van der Waals surface area contributed by atoms with E-state index in [1.807, 2.05) is 36.2 Å². The maximum absolute atomic E-state index is 13.2. The molecule has 3 aromatic carbocycles. The van der Waals surface area contributed by atoms with Gasteiger partial charge in [-0.3, -0.25) is 9.69 Å². The normalized spacial score (nSPS) is 17.6. The van der Waals surface area contributed by atoms with Crippen LogP contribution in [0, 0.1) is 6.92 Å². The number of likely N-dealkylation sites (N-methyl/N-ethyl adjacent to an activating group) is 1. The third kappa shape index (κ3) is 5.06. The Bertz CT molecular complexity index is 1270. The Kier molecular flexibility index (Phi) is 6.65. The molecule has 7 nitrogen and oxygen atoms in total. The summed E-state index contributed by atoms with van der Waals surface area (Å²) in [6.07, 6.45) is 0.873. The van der Waals surface area contributed by atoms with Crippen molar-refractivity contribution in [3.05, 3.63) is 94.5 Å². The number of piperazine rings is 1. The van der Waals surface area contributed by atoms with Crippen molar-refractivity contribution in [2.24, 2.45) is 0 Å². The van der Waals surface area contributed by atoms with Crippen LogP contribution >= 0.6 is 0 Å². The minimum Gasteiger partial charge on any atom is -0.478 e. The highest BCUT2D eigenvalue weighted by molar-refractivity contribution is 5.94. The minimum atomic E-state index is -0.920. The number of nitrogens with zero attached hydrogens (tertiary/aromatic N) is 3. The number of hydrogen-bond acceptors (Lipinski definition) is 5. The van der Waals surface area contributed by atoms with Crippen LogP contribution in [0.2, 0.25) is 0 Å². The molecule has 2 heterocycles. The summed E-state index contributed by atoms with van der Waals surface area (Å²) in [5.74, 6) is -0.832. The number of anilines is 2. The lowest BCUT2D eigenvalue weighted by Gasteiger charge is -2.37. The predicted molar refractivity (Wildman–Crippen MR) is 142 cm³/mol. The highest BCUT2D eigenvalue weighted by Gasteiger charge is 2.30. The van der Waals surface area contributed by atoms with Crippen LogP contribution in [-0.2, 0) is 6.42 Å². The number of rotatable bonds is 6. The van der Waals surface area contributed by atoms with Crippen molar-refractivity contribution in [1.82, 2.24) is 9.80 Å². The molecule has 0 aliphatic carbocycles. The van der Waals surface area contributed by atoms with Gasteiger partial charge in [0.1, 0.15) is 6.17 Å². The quantitative estimate of drug-likeness (QED) is 0.552. The first-order valence-corrected chi connectivity index (χ1v) is 12.4. The molecule has 2 N–H and O–H groups in total. The summed E-state index contributed by atoms with van der Waals surface area (Å²) in [5, 5.41) is 12.8. The molecule has 5 rings (SSSR count). The molecule has 3 aromatic rings. The molecule has 1 fully saturated rings. The zero-order valence-corrected chi connectivity index (χ0v) is 20.8. The smallest absolute Gasteiger partial charge is 0.335 e. The first-order chi connectivity index (χ1) is 17.4. The molecule has 0 spiro atoms. The molecule has 186 valence electrons. The van der Waals surface area contributed by atoms with E-state index >= 15 is 0 Å². The van der Waals surface area contributed by atoms with Gasteiger partial charge in [-0.2, -0.15) is 0 Å². The fraction of sp³-hybridized carbons (Fsp3) is 0.310. The zero-order valence-electron chi connectivity index (χ0n) is 20.8. The van der Waals surface area contributed by atoms with Crippen molar-refractivity contribution in [1.29, 1.82) is 0 Å². The summed E-state index contributed by atoms with van der Waals surface area (Å²) in [7, 11) is 1.98. The van der Waals surface area contributed by atoms with Gasteiger partial charge in [0, 0.05) is 45.3 Å². The lowest BCUT2D eigenvalue weighted by atomic mass is 10.0. The monoisotopic (exact) mass is 484 g/mol. The van der Waals surface area contributed by atoms with Gasteiger partial charge in [0.25, 0.3) is 5.91 Å². The van der Waals surface area contributed by atoms with E-state index in [0.717, 1.165) is 48.6 Å². The van der Waals surface area contributed by atoms with E-state index in [-0.39, 0.29) is 17.6 Å². The van der Waals surface area contributed by atoms with Crippen molar-refractivity contribution in [2.45, 2.75) is 19.5 Å². The number of aryl methyl sites for hydroxylation is 1. The number of aromatic carboxylic acids is 1. The summed E-state index contributed by atoms with van der Waals surface area (Å²) < 4.78 is 0. The van der Waals surface area contributed by atoms with E-state index in [2.05, 4.69) is 52.4 Å². The van der Waals surface area contributed by atoms with Gasteiger partial charge in [-0.25, -0.2) is 4.79 Å². The maximum atomic E-state index is 13.2. The molecule has 7 heteroatoms. The Labute approximate surface area is 211 Å². The van der Waals surface area contributed by atoms with Gasteiger partial charge in [0.2, 0.25) is 0 Å². The summed E-state index contributed by atoms with van der Waals surface area (Å²) in [6, 6.07) is 21.7. The third-order valence-corrected chi connectivity index (χ3v) is 7.21. The second-order valence-corrected chi connectivity index (χ2v) is 9.76. The summed E-state index contributed by atoms with van der Waals surface area (Å²) in [4.78, 5) is 31.0. The molecule has 1 saturated heterocycles. The van der Waals surface area contributed by atoms with Gasteiger partial charge in [0.05, 0.1) is 16.9 Å². The van der Waals surface area contributed by atoms with Gasteiger partial charge in [-0.1, -0.05) is 42.0 Å². The average molecular weight is 485 g/mol. The number of amides is 1. The van der Waals surface area contributed by atoms with Crippen LogP contribution in [0.25, 0.3) is 0 Å². The molecular weight excluding hydrogens is 452 g/mol. The minimum absolute atomic E-state index is 0.0600. The Morgan fingerprint density at radius 2 is 1.67 bits per heavy atom. The summed E-state index contributed by atoms with van der Waals surface area (Å²) in [5.41, 5.74) is 6.52. The number of carboxylic acids is 1. The van der Waals surface area contributed by atoms with Crippen molar-refractivity contribution >= 4 is 23.3 Å². The third-order valence-electron chi connectivity index (χ3n) is 7.21. The Morgan fingerprint density at radius 1 is 0.917 bits per heavy atom. The van der Waals surface area contributed by atoms with E-state index in [1.54, 1.807) is 12.1 Å². The van der Waals surface area contributed by atoms with Crippen LogP contribution in [0.5, 0.6) is 0 Å². The van der Waals surface area contributed by atoms with Gasteiger partial charge < -0.3 is 20.2 Å². The van der Waals surface area contributed by atoms with Gasteiger partial charge in [-0.15, -0.1) is 0 Å². The molecule has 0 bridgehead atoms. The van der Waals surface area contributed by atoms with Crippen molar-refractivity contribution in [3.8, 4) is 0 Å². The van der Waals surface area contributed by atoms with Crippen LogP contribution in [-0.4, -0.2) is 72.7 Å². The average Bonchev–Trinajstić information content (AvgIpc) is 3.20. The highest BCUT2D eigenvalue weighted by Crippen LogP contribution is 2.34. The molecule has 0 radical (unpaired) electrons. The van der Waals surface area contributed by atoms with Gasteiger partial charge in [0.15, 0.2) is 0 Å². The Balaban J connectivity index is 1.16. The fourth-order valence-corrected chi connectivity index (χ4v) is 5.01. The first kappa shape index (κ1) is 23.9. The number of carbonyl (C=O) groups is 2. The van der Waals surface area contributed by atoms with Crippen molar-refractivity contribution < 1.29 is 14.7 Å². The second kappa shape index (κ2) is 10.0. The molecule has 1 atom stereocenters. The first-order valence-electron chi connectivity index (χ1n) is 12.4. The number of carboxylic acid groups (broad SMARTS) is 1. The van der Waals surface area contributed by atoms with Crippen LogP contribution in [0.15, 0.2) is 66.7 Å². The highest BCUT2D eigenvalue weighted by atomic mass is 16.4. The van der Waals surface area contributed by atoms with Crippen LogP contribution in [0.1, 0.15) is 37.4 Å². The molecule has 1 unspecified atom stereocenters. The Hall–Kier alpha value is -3.84. The molecule has 2 aliphatic rings. The molecule has 36 heavy (non-hydrogen) atoms. The number of nitrogens with one attached hydrogen (secondary N) is 1. The SMILES string of the molecule is Cc1ccc(Cc2cccc(C(=O)N3CCN(CC4Nc5ccc(C(=O)O)cc5N4C)CC3)c2)cc1. The predicted octanol–water partition coefficient (Wildman–Crippen LogP) is 3.93. The summed E-state index contributed by atoms with van der Waals surface area (Å²) >= 11 is 0. The second-order valence-electron chi connectivity index (χ2n) is 9.76. The fourth-order valence-electron chi connectivity index (χ4n) is 5.01. The van der Waals surface area contributed by atoms with E-state index in [0.29, 0.717) is 13.1 Å². The number of carbonyl (C=O) groups excluding carboxylic acids is 1. The largest absolute Gasteiger partial charge is 0.478 e. The Morgan fingerprint density at radius 3 is 2.39 bits per heavy atom. The summed E-state index contributed by atoms with van der Waals surface area (Å²) in [6.45, 7) is 5.86. The molecular formula is C29H32N4O3. The van der Waals surface area contributed by atoms with Gasteiger partial charge in [-0.05, 0) is 54.8 Å². The van der Waals surface area contributed by atoms with E-state index in [1.165, 1.54) is 11.1 Å². The van der Waals surface area contributed by atoms with Gasteiger partial charge >= 0.3 is 5.97 Å². The lowest BCUT2D eigenvalue weighted by Crippen LogP contribution is -2.53. The van der Waals surface area contributed by atoms with Crippen molar-refractivity contribution in [3.63, 3.8) is 0 Å². The standard InChI is InChI=1S/C29H32N4O3/c1-20-6-8-21(9-7-20)16-22-4-3-5-23(17-22)28(34)33-14-12-32(13-15-33)19-27-30-25-11-10-24(29(35)36)18-26(25)31(27)2/h3-11,17-18,27,30H,12-16,19H2,1-2H3,(H,35,36). The lowest BCUT2D eigenvalue weighted by molar-refractivity contribution is 0.0632. The van der Waals surface area contributed by atoms with E-state index < -0.39 is 5.97 Å². The topological polar surface area (TPSA) is 76.1 Å². The molecule has 0 aromatic heterocycles. The van der Waals surface area contributed by atoms with E-state index in [9.17, 15) is 14.7 Å². The van der Waals surface area contributed by atoms with Crippen molar-refractivity contribution in [2.75, 3.05) is 50.0 Å². The maximum Gasteiger partial charge on any atom is 0.335 e. The number of fused-ring (bicyclic) bond motifs is 1. The molecule has 1 amide bonds.